The zero-order valence-corrected chi connectivity index (χ0v) is 11.9. The molecule has 0 amide bonds. The Morgan fingerprint density at radius 2 is 2.05 bits per heavy atom. The molecule has 1 rings (SSSR count). The quantitative estimate of drug-likeness (QED) is 0.551. The van der Waals surface area contributed by atoms with Crippen LogP contribution >= 0.6 is 0 Å². The van der Waals surface area contributed by atoms with Gasteiger partial charge in [0.1, 0.15) is 0 Å². The lowest BCUT2D eigenvalue weighted by atomic mass is 10.1. The van der Waals surface area contributed by atoms with Crippen LogP contribution in [0.2, 0.25) is 0 Å². The van der Waals surface area contributed by atoms with E-state index in [2.05, 4.69) is 4.72 Å². The summed E-state index contributed by atoms with van der Waals surface area (Å²) >= 11 is 0. The number of hydrogen-bond acceptors (Lipinski definition) is 6. The van der Waals surface area contributed by atoms with Crippen LogP contribution in [0.15, 0.2) is 29.2 Å². The lowest BCUT2D eigenvalue weighted by Gasteiger charge is -2.22. The number of nitro benzene ring substituents is 1. The molecule has 0 aliphatic heterocycles. The van der Waals surface area contributed by atoms with Crippen molar-refractivity contribution in [2.45, 2.75) is 17.4 Å². The Morgan fingerprint density at radius 1 is 1.45 bits per heavy atom. The van der Waals surface area contributed by atoms with Crippen molar-refractivity contribution in [3.63, 3.8) is 0 Å². The third-order valence-electron chi connectivity index (χ3n) is 2.45. The maximum absolute atomic E-state index is 12.0. The van der Waals surface area contributed by atoms with Crippen LogP contribution in [0, 0.1) is 10.1 Å². The molecular formula is C11H16N2O6S. The van der Waals surface area contributed by atoms with Crippen molar-refractivity contribution in [1.82, 2.24) is 4.72 Å². The van der Waals surface area contributed by atoms with Crippen molar-refractivity contribution >= 4 is 15.7 Å². The molecule has 1 aromatic carbocycles. The maximum atomic E-state index is 12.0. The molecule has 0 aliphatic rings. The monoisotopic (exact) mass is 304 g/mol. The largest absolute Gasteiger partial charge is 0.386 e. The van der Waals surface area contributed by atoms with Gasteiger partial charge >= 0.3 is 0 Å². The molecule has 9 heteroatoms. The highest BCUT2D eigenvalue weighted by Crippen LogP contribution is 2.22. The number of benzene rings is 1. The van der Waals surface area contributed by atoms with E-state index < -0.39 is 31.1 Å². The number of nitrogens with one attached hydrogen (secondary N) is 1. The first kappa shape index (κ1) is 16.5. The fraction of sp³-hybridized carbons (Fsp3) is 0.455. The summed E-state index contributed by atoms with van der Waals surface area (Å²) in [6.07, 6.45) is 0. The summed E-state index contributed by atoms with van der Waals surface area (Å²) < 4.78 is 31.0. The molecule has 2 N–H and O–H groups in total. The van der Waals surface area contributed by atoms with E-state index in [9.17, 15) is 23.6 Å². The van der Waals surface area contributed by atoms with Crippen molar-refractivity contribution in [3.05, 3.63) is 34.4 Å². The van der Waals surface area contributed by atoms with Crippen LogP contribution in [0.5, 0.6) is 0 Å². The van der Waals surface area contributed by atoms with E-state index in [4.69, 9.17) is 4.74 Å². The van der Waals surface area contributed by atoms with Gasteiger partial charge in [-0.25, -0.2) is 13.1 Å². The van der Waals surface area contributed by atoms with Gasteiger partial charge in [-0.1, -0.05) is 12.1 Å². The van der Waals surface area contributed by atoms with E-state index in [1.165, 1.54) is 26.2 Å². The zero-order valence-electron chi connectivity index (χ0n) is 11.1. The van der Waals surface area contributed by atoms with Gasteiger partial charge in [0.2, 0.25) is 10.0 Å². The summed E-state index contributed by atoms with van der Waals surface area (Å²) in [5.41, 5.74) is -1.93. The molecule has 0 heterocycles. The Kier molecular flexibility index (Phi) is 5.17. The zero-order chi connectivity index (χ0) is 15.4. The summed E-state index contributed by atoms with van der Waals surface area (Å²) in [5.74, 6) is 0. The number of methoxy groups -OCH3 is 1. The first-order valence-corrected chi connectivity index (χ1v) is 7.12. The van der Waals surface area contributed by atoms with Gasteiger partial charge in [0.15, 0.2) is 4.90 Å². The van der Waals surface area contributed by atoms with Crippen molar-refractivity contribution in [2.75, 3.05) is 20.3 Å². The number of aliphatic hydroxyl groups is 1. The van der Waals surface area contributed by atoms with Crippen LogP contribution in [-0.4, -0.2) is 44.3 Å². The number of ether oxygens (including phenoxy) is 1. The average Bonchev–Trinajstić information content (AvgIpc) is 2.37. The van der Waals surface area contributed by atoms with Gasteiger partial charge in [-0.05, 0) is 13.0 Å². The fourth-order valence-electron chi connectivity index (χ4n) is 1.53. The molecule has 0 aliphatic carbocycles. The minimum atomic E-state index is -4.09. The molecule has 0 saturated heterocycles. The van der Waals surface area contributed by atoms with Crippen LogP contribution < -0.4 is 4.72 Å². The second-order valence-corrected chi connectivity index (χ2v) is 6.21. The Bertz CT molecular complexity index is 584. The predicted octanol–water partition coefficient (Wildman–Crippen LogP) is 0.270. The van der Waals surface area contributed by atoms with Gasteiger partial charge in [0, 0.05) is 19.7 Å². The third-order valence-corrected chi connectivity index (χ3v) is 3.90. The molecule has 112 valence electrons. The minimum absolute atomic E-state index is 0.0770. The fourth-order valence-corrected chi connectivity index (χ4v) is 2.86. The van der Waals surface area contributed by atoms with Crippen molar-refractivity contribution in [3.8, 4) is 0 Å². The number of sulfonamides is 1. The molecule has 0 bridgehead atoms. The summed E-state index contributed by atoms with van der Waals surface area (Å²) in [5, 5.41) is 20.6. The van der Waals surface area contributed by atoms with Crippen LogP contribution in [0.4, 0.5) is 5.69 Å². The van der Waals surface area contributed by atoms with Gasteiger partial charge < -0.3 is 9.84 Å². The first-order chi connectivity index (χ1) is 9.19. The molecule has 1 atom stereocenters. The molecule has 0 aromatic heterocycles. The molecule has 8 nitrogen and oxygen atoms in total. The predicted molar refractivity (Wildman–Crippen MR) is 70.8 cm³/mol. The SMILES string of the molecule is COCC(C)(O)CNS(=O)(=O)c1ccccc1[N+](=O)[O-]. The van der Waals surface area contributed by atoms with Crippen LogP contribution in [-0.2, 0) is 14.8 Å². The molecule has 1 unspecified atom stereocenters. The standard InChI is InChI=1S/C11H16N2O6S/c1-11(14,8-19-2)7-12-20(17,18)10-6-4-3-5-9(10)13(15)16/h3-6,12,14H,7-8H2,1-2H3. The van der Waals surface area contributed by atoms with Gasteiger partial charge in [-0.15, -0.1) is 0 Å². The van der Waals surface area contributed by atoms with Crippen molar-refractivity contribution in [2.24, 2.45) is 0 Å². The van der Waals surface area contributed by atoms with Crippen molar-refractivity contribution < 1.29 is 23.2 Å². The van der Waals surface area contributed by atoms with Gasteiger partial charge in [-0.2, -0.15) is 0 Å². The molecule has 0 spiro atoms. The first-order valence-electron chi connectivity index (χ1n) is 5.64. The normalized spacial score (nSPS) is 14.8. The van der Waals surface area contributed by atoms with Crippen molar-refractivity contribution in [1.29, 1.82) is 0 Å². The minimum Gasteiger partial charge on any atom is -0.386 e. The number of rotatable bonds is 7. The van der Waals surface area contributed by atoms with Crippen LogP contribution in [0.3, 0.4) is 0 Å². The second-order valence-electron chi connectivity index (χ2n) is 4.48. The van der Waals surface area contributed by atoms with E-state index >= 15 is 0 Å². The summed E-state index contributed by atoms with van der Waals surface area (Å²) in [6.45, 7) is 0.986. The summed E-state index contributed by atoms with van der Waals surface area (Å²) in [6, 6.07) is 4.99. The highest BCUT2D eigenvalue weighted by atomic mass is 32.2. The lowest BCUT2D eigenvalue weighted by Crippen LogP contribution is -2.43. The summed E-state index contributed by atoms with van der Waals surface area (Å²) in [4.78, 5) is 9.59. The average molecular weight is 304 g/mol. The Hall–Kier alpha value is -1.55. The number of para-hydroxylation sites is 1. The number of hydrogen-bond donors (Lipinski definition) is 2. The van der Waals surface area contributed by atoms with Gasteiger partial charge in [0.05, 0.1) is 17.1 Å². The molecule has 0 saturated carbocycles. The number of nitro groups is 1. The Labute approximate surface area is 116 Å². The molecule has 0 fully saturated rings. The van der Waals surface area contributed by atoms with E-state index in [0.29, 0.717) is 0 Å². The highest BCUT2D eigenvalue weighted by Gasteiger charge is 2.28. The van der Waals surface area contributed by atoms with E-state index in [-0.39, 0.29) is 13.2 Å². The third kappa shape index (κ3) is 4.23. The molecular weight excluding hydrogens is 288 g/mol. The van der Waals surface area contributed by atoms with E-state index in [1.807, 2.05) is 0 Å². The van der Waals surface area contributed by atoms with E-state index in [1.54, 1.807) is 0 Å². The van der Waals surface area contributed by atoms with Crippen LogP contribution in [0.25, 0.3) is 0 Å². The van der Waals surface area contributed by atoms with Crippen LogP contribution in [0.1, 0.15) is 6.92 Å². The maximum Gasteiger partial charge on any atom is 0.289 e. The second kappa shape index (κ2) is 6.27. The highest BCUT2D eigenvalue weighted by molar-refractivity contribution is 7.89. The molecule has 1 aromatic rings. The smallest absolute Gasteiger partial charge is 0.289 e. The summed E-state index contributed by atoms with van der Waals surface area (Å²) in [7, 11) is -2.73. The lowest BCUT2D eigenvalue weighted by molar-refractivity contribution is -0.387. The van der Waals surface area contributed by atoms with Gasteiger partial charge in [-0.3, -0.25) is 10.1 Å². The Morgan fingerprint density at radius 3 is 2.60 bits per heavy atom. The molecule has 0 radical (unpaired) electrons. The van der Waals surface area contributed by atoms with Gasteiger partial charge in [0.25, 0.3) is 5.69 Å². The molecule has 20 heavy (non-hydrogen) atoms. The van der Waals surface area contributed by atoms with E-state index in [0.717, 1.165) is 12.1 Å². The topological polar surface area (TPSA) is 119 Å². The number of nitrogens with zero attached hydrogens (tertiary/aromatic N) is 1. The Balaban J connectivity index is 2.98.